The van der Waals surface area contributed by atoms with E-state index in [0.29, 0.717) is 6.54 Å². The molecule has 146 valence electrons. The summed E-state index contributed by atoms with van der Waals surface area (Å²) in [4.78, 5) is 27.2. The summed E-state index contributed by atoms with van der Waals surface area (Å²) in [7, 11) is 3.35. The molecular formula is C18H27F2N3O3. The van der Waals surface area contributed by atoms with E-state index in [2.05, 4.69) is 10.1 Å². The van der Waals surface area contributed by atoms with Crippen LogP contribution in [0.25, 0.3) is 0 Å². The van der Waals surface area contributed by atoms with E-state index in [9.17, 15) is 18.4 Å². The maximum atomic E-state index is 12.2. The second kappa shape index (κ2) is 9.47. The lowest BCUT2D eigenvalue weighted by Crippen LogP contribution is -2.47. The molecule has 1 N–H and O–H groups in total. The fourth-order valence-corrected chi connectivity index (χ4v) is 2.26. The first-order valence-corrected chi connectivity index (χ1v) is 8.23. The zero-order valence-electron chi connectivity index (χ0n) is 15.9. The summed E-state index contributed by atoms with van der Waals surface area (Å²) in [6.07, 6.45) is 0. The quantitative estimate of drug-likeness (QED) is 0.760. The molecule has 0 aliphatic rings. The Kier molecular flexibility index (Phi) is 7.95. The van der Waals surface area contributed by atoms with Gasteiger partial charge in [0.2, 0.25) is 11.8 Å². The normalized spacial score (nSPS) is 11.6. The Labute approximate surface area is 153 Å². The fraction of sp³-hybridized carbons (Fsp3) is 0.556. The highest BCUT2D eigenvalue weighted by atomic mass is 19.3. The standard InChI is InChI=1S/C18H27F2N3O3/c1-18(2,3)21-15(24)11-23(5)16(25)12-22(4)10-13-6-8-14(9-7-13)26-17(19)20/h6-9,17H,10-12H2,1-5H3,(H,21,24). The van der Waals surface area contributed by atoms with Crippen molar-refractivity contribution in [3.63, 3.8) is 0 Å². The van der Waals surface area contributed by atoms with Crippen LogP contribution in [0, 0.1) is 0 Å². The molecule has 1 aromatic rings. The van der Waals surface area contributed by atoms with E-state index in [1.165, 1.54) is 17.0 Å². The van der Waals surface area contributed by atoms with E-state index < -0.39 is 6.61 Å². The molecule has 0 fully saturated rings. The molecule has 0 spiro atoms. The zero-order chi connectivity index (χ0) is 19.9. The minimum absolute atomic E-state index is 0.0103. The van der Waals surface area contributed by atoms with Crippen LogP contribution in [0.4, 0.5) is 8.78 Å². The van der Waals surface area contributed by atoms with Crippen molar-refractivity contribution in [3.8, 4) is 5.75 Å². The Morgan fingerprint density at radius 3 is 2.19 bits per heavy atom. The number of ether oxygens (including phenoxy) is 1. The summed E-state index contributed by atoms with van der Waals surface area (Å²) >= 11 is 0. The Morgan fingerprint density at radius 2 is 1.69 bits per heavy atom. The molecule has 0 saturated carbocycles. The fourth-order valence-electron chi connectivity index (χ4n) is 2.26. The number of nitrogens with one attached hydrogen (secondary N) is 1. The van der Waals surface area contributed by atoms with E-state index in [0.717, 1.165) is 5.56 Å². The zero-order valence-corrected chi connectivity index (χ0v) is 15.9. The van der Waals surface area contributed by atoms with Gasteiger partial charge in [-0.1, -0.05) is 12.1 Å². The topological polar surface area (TPSA) is 61.9 Å². The molecular weight excluding hydrogens is 344 g/mol. The number of carbonyl (C=O) groups is 2. The number of hydrogen-bond donors (Lipinski definition) is 1. The van der Waals surface area contributed by atoms with Gasteiger partial charge in [-0.15, -0.1) is 0 Å². The van der Waals surface area contributed by atoms with Crippen LogP contribution in [-0.2, 0) is 16.1 Å². The van der Waals surface area contributed by atoms with Crippen LogP contribution in [0.5, 0.6) is 5.75 Å². The van der Waals surface area contributed by atoms with Gasteiger partial charge in [0, 0.05) is 19.1 Å². The van der Waals surface area contributed by atoms with E-state index in [-0.39, 0.29) is 36.2 Å². The predicted molar refractivity (Wildman–Crippen MR) is 94.9 cm³/mol. The minimum Gasteiger partial charge on any atom is -0.435 e. The number of hydrogen-bond acceptors (Lipinski definition) is 4. The van der Waals surface area contributed by atoms with Crippen LogP contribution in [0.1, 0.15) is 26.3 Å². The maximum absolute atomic E-state index is 12.2. The van der Waals surface area contributed by atoms with Gasteiger partial charge >= 0.3 is 6.61 Å². The molecule has 2 amide bonds. The van der Waals surface area contributed by atoms with E-state index in [1.54, 1.807) is 31.1 Å². The van der Waals surface area contributed by atoms with Gasteiger partial charge in [-0.25, -0.2) is 0 Å². The summed E-state index contributed by atoms with van der Waals surface area (Å²) < 4.78 is 28.6. The SMILES string of the molecule is CN(CC(=O)N(C)CC(=O)NC(C)(C)C)Cc1ccc(OC(F)F)cc1. The number of alkyl halides is 2. The maximum Gasteiger partial charge on any atom is 0.387 e. The van der Waals surface area contributed by atoms with Crippen molar-refractivity contribution >= 4 is 11.8 Å². The van der Waals surface area contributed by atoms with Gasteiger partial charge in [0.25, 0.3) is 0 Å². The van der Waals surface area contributed by atoms with Gasteiger partial charge in [0.1, 0.15) is 5.75 Å². The monoisotopic (exact) mass is 371 g/mol. The molecule has 0 heterocycles. The van der Waals surface area contributed by atoms with E-state index >= 15 is 0 Å². The van der Waals surface area contributed by atoms with Gasteiger partial charge in [0.05, 0.1) is 13.1 Å². The molecule has 0 bridgehead atoms. The van der Waals surface area contributed by atoms with Crippen LogP contribution in [0.2, 0.25) is 0 Å². The number of amides is 2. The largest absolute Gasteiger partial charge is 0.435 e. The number of rotatable bonds is 8. The molecule has 0 aliphatic heterocycles. The summed E-state index contributed by atoms with van der Waals surface area (Å²) in [6.45, 7) is 3.35. The van der Waals surface area contributed by atoms with Crippen molar-refractivity contribution < 1.29 is 23.1 Å². The molecule has 0 atom stereocenters. The van der Waals surface area contributed by atoms with Gasteiger partial charge in [-0.2, -0.15) is 8.78 Å². The van der Waals surface area contributed by atoms with E-state index in [4.69, 9.17) is 0 Å². The Morgan fingerprint density at radius 1 is 1.12 bits per heavy atom. The molecule has 0 aromatic heterocycles. The van der Waals surface area contributed by atoms with Crippen molar-refractivity contribution in [3.05, 3.63) is 29.8 Å². The smallest absolute Gasteiger partial charge is 0.387 e. The van der Waals surface area contributed by atoms with Gasteiger partial charge < -0.3 is 15.0 Å². The van der Waals surface area contributed by atoms with Crippen molar-refractivity contribution in [2.45, 2.75) is 39.5 Å². The number of benzene rings is 1. The van der Waals surface area contributed by atoms with Crippen LogP contribution >= 0.6 is 0 Å². The highest BCUT2D eigenvalue weighted by Gasteiger charge is 2.18. The molecule has 0 aliphatic carbocycles. The molecule has 26 heavy (non-hydrogen) atoms. The third-order valence-electron chi connectivity index (χ3n) is 3.33. The van der Waals surface area contributed by atoms with Crippen LogP contribution in [0.15, 0.2) is 24.3 Å². The number of nitrogens with zero attached hydrogens (tertiary/aromatic N) is 2. The lowest BCUT2D eigenvalue weighted by atomic mass is 10.1. The molecule has 1 aromatic carbocycles. The summed E-state index contributed by atoms with van der Waals surface area (Å²) in [5.74, 6) is -0.313. The highest BCUT2D eigenvalue weighted by Crippen LogP contribution is 2.15. The number of likely N-dealkylation sites (N-methyl/N-ethyl adjacent to an activating group) is 2. The second-order valence-electron chi connectivity index (χ2n) is 7.24. The average Bonchev–Trinajstić information content (AvgIpc) is 2.46. The Hall–Kier alpha value is -2.22. The Bertz CT molecular complexity index is 601. The lowest BCUT2D eigenvalue weighted by Gasteiger charge is -2.25. The Balaban J connectivity index is 2.47. The lowest BCUT2D eigenvalue weighted by molar-refractivity contribution is -0.136. The molecule has 0 saturated heterocycles. The third kappa shape index (κ3) is 8.75. The van der Waals surface area contributed by atoms with E-state index in [1.807, 2.05) is 20.8 Å². The van der Waals surface area contributed by atoms with Crippen LogP contribution in [0.3, 0.4) is 0 Å². The van der Waals surface area contributed by atoms with Gasteiger partial charge in [0.15, 0.2) is 0 Å². The molecule has 1 rings (SSSR count). The summed E-state index contributed by atoms with van der Waals surface area (Å²) in [5.41, 5.74) is 0.507. The molecule has 0 radical (unpaired) electrons. The van der Waals surface area contributed by atoms with Crippen molar-refractivity contribution in [2.75, 3.05) is 27.2 Å². The molecule has 8 heteroatoms. The van der Waals surface area contributed by atoms with Crippen LogP contribution < -0.4 is 10.1 Å². The molecule has 6 nitrogen and oxygen atoms in total. The number of halogens is 2. The van der Waals surface area contributed by atoms with Crippen molar-refractivity contribution in [1.29, 1.82) is 0 Å². The third-order valence-corrected chi connectivity index (χ3v) is 3.33. The summed E-state index contributed by atoms with van der Waals surface area (Å²) in [6, 6.07) is 6.25. The highest BCUT2D eigenvalue weighted by molar-refractivity contribution is 5.85. The van der Waals surface area contributed by atoms with Gasteiger partial charge in [-0.05, 0) is 45.5 Å². The molecule has 0 unspecified atom stereocenters. The average molecular weight is 371 g/mol. The predicted octanol–water partition coefficient (Wildman–Crippen LogP) is 2.09. The first-order valence-electron chi connectivity index (χ1n) is 8.23. The number of carbonyl (C=O) groups excluding carboxylic acids is 2. The van der Waals surface area contributed by atoms with Crippen molar-refractivity contribution in [2.24, 2.45) is 0 Å². The second-order valence-corrected chi connectivity index (χ2v) is 7.24. The van der Waals surface area contributed by atoms with Gasteiger partial charge in [-0.3, -0.25) is 14.5 Å². The minimum atomic E-state index is -2.85. The van der Waals surface area contributed by atoms with Crippen molar-refractivity contribution in [1.82, 2.24) is 15.1 Å². The van der Waals surface area contributed by atoms with Crippen LogP contribution in [-0.4, -0.2) is 60.9 Å². The first kappa shape index (κ1) is 21.8. The first-order chi connectivity index (χ1) is 12.0. The summed E-state index contributed by atoms with van der Waals surface area (Å²) in [5, 5.41) is 2.81.